The Bertz CT molecular complexity index is 1120. The van der Waals surface area contributed by atoms with E-state index in [1.807, 2.05) is 30.3 Å². The third-order valence-corrected chi connectivity index (χ3v) is 7.27. The molecule has 2 unspecified atom stereocenters. The summed E-state index contributed by atoms with van der Waals surface area (Å²) in [5.41, 5.74) is 4.80. The van der Waals surface area contributed by atoms with Crippen molar-refractivity contribution in [3.8, 4) is 11.1 Å². The molecular weight excluding hydrogens is 453 g/mol. The molecule has 5 rings (SSSR count). The number of rotatable bonds is 3. The zero-order valence-corrected chi connectivity index (χ0v) is 19.1. The van der Waals surface area contributed by atoms with Crippen molar-refractivity contribution in [3.05, 3.63) is 92.4 Å². The van der Waals surface area contributed by atoms with Crippen LogP contribution in [0, 0.1) is 0 Å². The molecule has 3 aromatic carbocycles. The monoisotopic (exact) mass is 473 g/mol. The summed E-state index contributed by atoms with van der Waals surface area (Å²) >= 11 is 18.9. The molecule has 0 aromatic heterocycles. The smallest absolute Gasteiger partial charge is 0.122 e. The normalized spacial score (nSPS) is 22.6. The molecule has 1 N–H and O–H groups in total. The molecule has 0 aliphatic carbocycles. The molecular formula is C25H22Cl3NO2. The molecule has 3 nitrogen and oxygen atoms in total. The van der Waals surface area contributed by atoms with Crippen molar-refractivity contribution in [2.75, 3.05) is 13.1 Å². The minimum Gasteiger partial charge on any atom is -0.369 e. The zero-order chi connectivity index (χ0) is 21.4. The maximum atomic E-state index is 6.71. The molecule has 2 heterocycles. The van der Waals surface area contributed by atoms with Crippen LogP contribution in [0.25, 0.3) is 11.1 Å². The fourth-order valence-corrected chi connectivity index (χ4v) is 5.08. The molecule has 1 spiro atoms. The maximum absolute atomic E-state index is 6.71. The largest absolute Gasteiger partial charge is 0.369 e. The molecule has 2 bridgehead atoms. The van der Waals surface area contributed by atoms with Gasteiger partial charge in [0, 0.05) is 17.1 Å². The number of benzene rings is 3. The lowest BCUT2D eigenvalue weighted by Gasteiger charge is -2.45. The summed E-state index contributed by atoms with van der Waals surface area (Å²) in [4.78, 5) is 0. The van der Waals surface area contributed by atoms with Crippen LogP contribution in [-0.2, 0) is 28.3 Å². The van der Waals surface area contributed by atoms with Crippen LogP contribution >= 0.6 is 34.8 Å². The van der Waals surface area contributed by atoms with Crippen LogP contribution in [0.2, 0.25) is 15.1 Å². The first-order valence-corrected chi connectivity index (χ1v) is 11.5. The summed E-state index contributed by atoms with van der Waals surface area (Å²) in [5, 5.41) is 5.27. The van der Waals surface area contributed by atoms with Gasteiger partial charge in [0.2, 0.25) is 0 Å². The van der Waals surface area contributed by atoms with Crippen molar-refractivity contribution in [1.82, 2.24) is 5.32 Å². The van der Waals surface area contributed by atoms with E-state index in [0.717, 1.165) is 45.8 Å². The molecule has 2 atom stereocenters. The van der Waals surface area contributed by atoms with Crippen LogP contribution in [0.4, 0.5) is 0 Å². The molecule has 0 radical (unpaired) electrons. The predicted molar refractivity (Wildman–Crippen MR) is 126 cm³/mol. The van der Waals surface area contributed by atoms with E-state index in [0.29, 0.717) is 29.8 Å². The van der Waals surface area contributed by atoms with Gasteiger partial charge in [0.05, 0.1) is 23.3 Å². The highest BCUT2D eigenvalue weighted by Crippen LogP contribution is 2.44. The van der Waals surface area contributed by atoms with Gasteiger partial charge in [0.25, 0.3) is 0 Å². The van der Waals surface area contributed by atoms with Gasteiger partial charge in [-0.15, -0.1) is 0 Å². The van der Waals surface area contributed by atoms with Crippen molar-refractivity contribution in [1.29, 1.82) is 0 Å². The average Bonchev–Trinajstić information content (AvgIpc) is 2.79. The molecule has 1 fully saturated rings. The van der Waals surface area contributed by atoms with Gasteiger partial charge in [0.15, 0.2) is 0 Å². The lowest BCUT2D eigenvalue weighted by atomic mass is 9.80. The number of piperidine rings is 1. The third-order valence-electron chi connectivity index (χ3n) is 6.21. The number of nitrogens with one attached hydrogen (secondary N) is 1. The summed E-state index contributed by atoms with van der Waals surface area (Å²) in [5.74, 6) is 0. The SMILES string of the molecule is Clc1ccc(COC2CNCCC23OCc2ccccc2-c2cc3ccc2Cl)cc1Cl. The third kappa shape index (κ3) is 4.00. The Morgan fingerprint density at radius 2 is 1.77 bits per heavy atom. The molecule has 0 saturated carbocycles. The highest BCUT2D eigenvalue weighted by molar-refractivity contribution is 6.42. The van der Waals surface area contributed by atoms with Crippen molar-refractivity contribution < 1.29 is 9.47 Å². The van der Waals surface area contributed by atoms with Gasteiger partial charge in [-0.1, -0.05) is 71.2 Å². The van der Waals surface area contributed by atoms with Crippen LogP contribution in [0.15, 0.2) is 60.7 Å². The summed E-state index contributed by atoms with van der Waals surface area (Å²) in [6.07, 6.45) is 0.637. The number of hydrogen-bond acceptors (Lipinski definition) is 3. The Morgan fingerprint density at radius 1 is 0.935 bits per heavy atom. The highest BCUT2D eigenvalue weighted by Gasteiger charge is 2.45. The van der Waals surface area contributed by atoms with Crippen molar-refractivity contribution in [3.63, 3.8) is 0 Å². The number of ether oxygens (including phenoxy) is 2. The average molecular weight is 475 g/mol. The first-order valence-electron chi connectivity index (χ1n) is 10.4. The van der Waals surface area contributed by atoms with E-state index in [4.69, 9.17) is 44.3 Å². The van der Waals surface area contributed by atoms with Gasteiger partial charge in [0.1, 0.15) is 11.7 Å². The van der Waals surface area contributed by atoms with Gasteiger partial charge in [-0.2, -0.15) is 0 Å². The fraction of sp³-hybridized carbons (Fsp3) is 0.280. The van der Waals surface area contributed by atoms with Crippen molar-refractivity contribution in [2.24, 2.45) is 0 Å². The van der Waals surface area contributed by atoms with Crippen LogP contribution in [0.5, 0.6) is 0 Å². The Kier molecular flexibility index (Phi) is 6.00. The van der Waals surface area contributed by atoms with Gasteiger partial charge in [-0.05, 0) is 59.5 Å². The summed E-state index contributed by atoms with van der Waals surface area (Å²) in [7, 11) is 0. The Balaban J connectivity index is 1.51. The summed E-state index contributed by atoms with van der Waals surface area (Å²) < 4.78 is 13.2. The van der Waals surface area contributed by atoms with Gasteiger partial charge >= 0.3 is 0 Å². The Hall–Kier alpha value is -1.59. The Labute approximate surface area is 197 Å². The van der Waals surface area contributed by atoms with E-state index in [-0.39, 0.29) is 6.10 Å². The van der Waals surface area contributed by atoms with Crippen LogP contribution < -0.4 is 5.32 Å². The minimum absolute atomic E-state index is 0.171. The molecule has 6 heteroatoms. The predicted octanol–water partition coefficient (Wildman–Crippen LogP) is 6.62. The van der Waals surface area contributed by atoms with E-state index in [9.17, 15) is 0 Å². The molecule has 160 valence electrons. The second-order valence-corrected chi connectivity index (χ2v) is 9.25. The Morgan fingerprint density at radius 3 is 2.65 bits per heavy atom. The lowest BCUT2D eigenvalue weighted by Crippen LogP contribution is -2.54. The first kappa shape index (κ1) is 21.3. The number of fused-ring (bicyclic) bond motifs is 5. The number of halogens is 3. The maximum Gasteiger partial charge on any atom is 0.122 e. The van der Waals surface area contributed by atoms with Crippen LogP contribution in [0.1, 0.15) is 23.1 Å². The van der Waals surface area contributed by atoms with E-state index >= 15 is 0 Å². The molecule has 2 aliphatic rings. The molecule has 31 heavy (non-hydrogen) atoms. The van der Waals surface area contributed by atoms with Crippen LogP contribution in [-0.4, -0.2) is 19.2 Å². The standard InChI is InChI=1S/C25H22Cl3NO2/c26-21-8-6-18-12-20(21)19-4-2-1-3-17(19)15-31-25(18)9-10-29-13-24(25)30-14-16-5-7-22(27)23(28)11-16/h1-8,11-12,24,29H,9-10,13-15H2. The van der Waals surface area contributed by atoms with Crippen LogP contribution in [0.3, 0.4) is 0 Å². The fourth-order valence-electron chi connectivity index (χ4n) is 4.54. The van der Waals surface area contributed by atoms with Crippen molar-refractivity contribution in [2.45, 2.75) is 31.3 Å². The molecule has 3 aromatic rings. The molecule has 0 amide bonds. The van der Waals surface area contributed by atoms with Gasteiger partial charge in [-0.25, -0.2) is 0 Å². The molecule has 2 aliphatic heterocycles. The second-order valence-electron chi connectivity index (χ2n) is 8.03. The van der Waals surface area contributed by atoms with Crippen molar-refractivity contribution >= 4 is 34.8 Å². The lowest BCUT2D eigenvalue weighted by molar-refractivity contribution is -0.176. The molecule has 1 saturated heterocycles. The summed E-state index contributed by atoms with van der Waals surface area (Å²) in [6.45, 7) is 2.47. The quantitative estimate of drug-likeness (QED) is 0.463. The minimum atomic E-state index is -0.561. The van der Waals surface area contributed by atoms with Gasteiger partial charge in [-0.3, -0.25) is 0 Å². The van der Waals surface area contributed by atoms with E-state index < -0.39 is 5.60 Å². The first-order chi connectivity index (χ1) is 15.1. The topological polar surface area (TPSA) is 30.5 Å². The second kappa shape index (κ2) is 8.74. The van der Waals surface area contributed by atoms with Gasteiger partial charge < -0.3 is 14.8 Å². The zero-order valence-electron chi connectivity index (χ0n) is 16.8. The highest BCUT2D eigenvalue weighted by atomic mass is 35.5. The van der Waals surface area contributed by atoms with E-state index in [1.54, 1.807) is 6.07 Å². The summed E-state index contributed by atoms with van der Waals surface area (Å²) in [6, 6.07) is 20.1. The van der Waals surface area contributed by atoms with E-state index in [1.165, 1.54) is 0 Å². The number of hydrogen-bond donors (Lipinski definition) is 1. The van der Waals surface area contributed by atoms with E-state index in [2.05, 4.69) is 29.6 Å².